The van der Waals surface area contributed by atoms with Gasteiger partial charge < -0.3 is 10.0 Å². The van der Waals surface area contributed by atoms with E-state index in [4.69, 9.17) is 0 Å². The second kappa shape index (κ2) is 6.96. The van der Waals surface area contributed by atoms with Crippen LogP contribution in [0.4, 0.5) is 0 Å². The summed E-state index contributed by atoms with van der Waals surface area (Å²) in [6.07, 6.45) is 5.48. The Morgan fingerprint density at radius 3 is 2.71 bits per heavy atom. The number of pyridine rings is 1. The number of phenols is 1. The van der Waals surface area contributed by atoms with E-state index in [1.807, 2.05) is 48.6 Å². The quantitative estimate of drug-likeness (QED) is 0.797. The Kier molecular flexibility index (Phi) is 4.57. The molecule has 0 atom stereocenters. The predicted octanol–water partition coefficient (Wildman–Crippen LogP) is 3.73. The first-order chi connectivity index (χ1) is 11.7. The van der Waals surface area contributed by atoms with Crippen LogP contribution in [0.2, 0.25) is 0 Å². The highest BCUT2D eigenvalue weighted by Gasteiger charge is 2.17. The summed E-state index contributed by atoms with van der Waals surface area (Å²) < 4.78 is 0. The molecule has 0 fully saturated rings. The minimum Gasteiger partial charge on any atom is -0.505 e. The molecule has 0 bridgehead atoms. The summed E-state index contributed by atoms with van der Waals surface area (Å²) in [6.45, 7) is 0.452. The van der Waals surface area contributed by atoms with Crippen LogP contribution in [0, 0.1) is 0 Å². The maximum absolute atomic E-state index is 12.6. The van der Waals surface area contributed by atoms with Crippen LogP contribution in [0.15, 0.2) is 66.9 Å². The minimum absolute atomic E-state index is 0.0722. The summed E-state index contributed by atoms with van der Waals surface area (Å²) in [5, 5.41) is 11.1. The van der Waals surface area contributed by atoms with Gasteiger partial charge in [-0.15, -0.1) is 0 Å². The third-order valence-corrected chi connectivity index (χ3v) is 3.81. The Morgan fingerprint density at radius 1 is 1.12 bits per heavy atom. The second-order valence-corrected chi connectivity index (χ2v) is 5.54. The van der Waals surface area contributed by atoms with Crippen LogP contribution in [0.3, 0.4) is 0 Å². The lowest BCUT2D eigenvalue weighted by Crippen LogP contribution is -2.26. The zero-order valence-electron chi connectivity index (χ0n) is 13.4. The number of hydrogen-bond acceptors (Lipinski definition) is 3. The number of nitrogens with zero attached hydrogens (tertiary/aromatic N) is 2. The van der Waals surface area contributed by atoms with Crippen molar-refractivity contribution in [1.82, 2.24) is 9.88 Å². The molecule has 0 aliphatic rings. The number of carbonyl (C=O) groups excluding carboxylic acids is 1. The molecule has 1 heterocycles. The van der Waals surface area contributed by atoms with Gasteiger partial charge in [-0.05, 0) is 17.7 Å². The van der Waals surface area contributed by atoms with Crippen molar-refractivity contribution in [3.63, 3.8) is 0 Å². The zero-order chi connectivity index (χ0) is 16.9. The highest BCUT2D eigenvalue weighted by molar-refractivity contribution is 6.02. The number of hydrogen-bond donors (Lipinski definition) is 1. The Morgan fingerprint density at radius 2 is 1.92 bits per heavy atom. The fraction of sp³-hybridized carbons (Fsp3) is 0.100. The zero-order valence-corrected chi connectivity index (χ0v) is 13.4. The van der Waals surface area contributed by atoms with Crippen LogP contribution in [0.5, 0.6) is 5.75 Å². The van der Waals surface area contributed by atoms with Gasteiger partial charge in [0.2, 0.25) is 0 Å². The lowest BCUT2D eigenvalue weighted by atomic mass is 10.1. The second-order valence-electron chi connectivity index (χ2n) is 5.54. The molecule has 24 heavy (non-hydrogen) atoms. The van der Waals surface area contributed by atoms with Crippen molar-refractivity contribution in [2.45, 2.75) is 0 Å². The number of benzene rings is 2. The SMILES string of the molecule is CN(C/C=C/c1ccccc1)C(=O)c1ccc2cccnc2c1O. The summed E-state index contributed by atoms with van der Waals surface area (Å²) in [6, 6.07) is 17.0. The van der Waals surface area contributed by atoms with Gasteiger partial charge in [0.25, 0.3) is 5.91 Å². The monoisotopic (exact) mass is 318 g/mol. The summed E-state index contributed by atoms with van der Waals surface area (Å²) in [4.78, 5) is 18.3. The molecule has 1 amide bonds. The Bertz CT molecular complexity index is 889. The van der Waals surface area contributed by atoms with E-state index in [9.17, 15) is 9.90 Å². The van der Waals surface area contributed by atoms with E-state index >= 15 is 0 Å². The summed E-state index contributed by atoms with van der Waals surface area (Å²) in [5.74, 6) is -0.310. The van der Waals surface area contributed by atoms with Crippen molar-refractivity contribution in [1.29, 1.82) is 0 Å². The van der Waals surface area contributed by atoms with Gasteiger partial charge in [0, 0.05) is 25.2 Å². The van der Waals surface area contributed by atoms with Crippen molar-refractivity contribution in [3.05, 3.63) is 78.0 Å². The molecule has 3 rings (SSSR count). The first kappa shape index (κ1) is 15.7. The number of amides is 1. The fourth-order valence-electron chi connectivity index (χ4n) is 2.50. The van der Waals surface area contributed by atoms with Crippen LogP contribution < -0.4 is 0 Å². The van der Waals surface area contributed by atoms with E-state index in [1.54, 1.807) is 36.3 Å². The highest BCUT2D eigenvalue weighted by atomic mass is 16.3. The first-order valence-corrected chi connectivity index (χ1v) is 7.70. The van der Waals surface area contributed by atoms with Crippen molar-refractivity contribution in [2.75, 3.05) is 13.6 Å². The average molecular weight is 318 g/mol. The minimum atomic E-state index is -0.238. The van der Waals surface area contributed by atoms with Crippen molar-refractivity contribution < 1.29 is 9.90 Å². The molecule has 0 radical (unpaired) electrons. The number of aromatic nitrogens is 1. The predicted molar refractivity (Wildman–Crippen MR) is 95.8 cm³/mol. The van der Waals surface area contributed by atoms with Crippen molar-refractivity contribution in [2.24, 2.45) is 0 Å². The molecule has 0 aliphatic carbocycles. The molecule has 120 valence electrons. The van der Waals surface area contributed by atoms with Crippen molar-refractivity contribution >= 4 is 22.9 Å². The molecule has 4 nitrogen and oxygen atoms in total. The Labute approximate surface area is 140 Å². The molecule has 0 unspecified atom stereocenters. The largest absolute Gasteiger partial charge is 0.505 e. The van der Waals surface area contributed by atoms with Gasteiger partial charge in [-0.1, -0.05) is 54.6 Å². The van der Waals surface area contributed by atoms with Gasteiger partial charge in [0.1, 0.15) is 5.52 Å². The molecule has 0 saturated heterocycles. The van der Waals surface area contributed by atoms with Crippen LogP contribution in [-0.4, -0.2) is 34.5 Å². The molecule has 0 aliphatic heterocycles. The molecule has 3 aromatic rings. The maximum atomic E-state index is 12.6. The van der Waals surface area contributed by atoms with E-state index in [0.717, 1.165) is 10.9 Å². The first-order valence-electron chi connectivity index (χ1n) is 7.70. The lowest BCUT2D eigenvalue weighted by Gasteiger charge is -2.16. The molecule has 4 heteroatoms. The molecule has 1 aromatic heterocycles. The maximum Gasteiger partial charge on any atom is 0.257 e. The highest BCUT2D eigenvalue weighted by Crippen LogP contribution is 2.27. The normalized spacial score (nSPS) is 11.0. The standard InChI is InChI=1S/C20H18N2O2/c1-22(14-6-9-15-7-3-2-4-8-15)20(24)17-12-11-16-10-5-13-21-18(16)19(17)23/h2-13,23H,14H2,1H3/b9-6+. The summed E-state index contributed by atoms with van der Waals surface area (Å²) in [5.41, 5.74) is 1.78. The molecule has 0 spiro atoms. The van der Waals surface area contributed by atoms with Gasteiger partial charge in [0.05, 0.1) is 5.56 Å². The van der Waals surface area contributed by atoms with Gasteiger partial charge in [0.15, 0.2) is 5.75 Å². The Balaban J connectivity index is 1.76. The summed E-state index contributed by atoms with van der Waals surface area (Å²) >= 11 is 0. The molecule has 2 aromatic carbocycles. The van der Waals surface area contributed by atoms with Gasteiger partial charge in [-0.25, -0.2) is 0 Å². The van der Waals surface area contributed by atoms with E-state index in [1.165, 1.54) is 0 Å². The van der Waals surface area contributed by atoms with Gasteiger partial charge >= 0.3 is 0 Å². The number of fused-ring (bicyclic) bond motifs is 1. The number of phenolic OH excluding ortho intramolecular Hbond substituents is 1. The van der Waals surface area contributed by atoms with Gasteiger partial charge in [-0.3, -0.25) is 9.78 Å². The van der Waals surface area contributed by atoms with E-state index in [0.29, 0.717) is 12.1 Å². The van der Waals surface area contributed by atoms with Gasteiger partial charge in [-0.2, -0.15) is 0 Å². The third kappa shape index (κ3) is 3.27. The molecule has 1 N–H and O–H groups in total. The van der Waals surface area contributed by atoms with Crippen molar-refractivity contribution in [3.8, 4) is 5.75 Å². The number of aromatic hydroxyl groups is 1. The molecular weight excluding hydrogens is 300 g/mol. The fourth-order valence-corrected chi connectivity index (χ4v) is 2.50. The van der Waals surface area contributed by atoms with E-state index in [-0.39, 0.29) is 17.2 Å². The van der Waals surface area contributed by atoms with Crippen LogP contribution in [-0.2, 0) is 0 Å². The topological polar surface area (TPSA) is 53.4 Å². The van der Waals surface area contributed by atoms with Crippen LogP contribution in [0.25, 0.3) is 17.0 Å². The molecule has 0 saturated carbocycles. The number of likely N-dealkylation sites (N-methyl/N-ethyl adjacent to an activating group) is 1. The van der Waals surface area contributed by atoms with E-state index in [2.05, 4.69) is 4.98 Å². The van der Waals surface area contributed by atoms with Crippen LogP contribution >= 0.6 is 0 Å². The lowest BCUT2D eigenvalue weighted by molar-refractivity contribution is 0.0807. The van der Waals surface area contributed by atoms with Crippen LogP contribution in [0.1, 0.15) is 15.9 Å². The average Bonchev–Trinajstić information content (AvgIpc) is 2.62. The molecular formula is C20H18N2O2. The summed E-state index contributed by atoms with van der Waals surface area (Å²) in [7, 11) is 1.71. The van der Waals surface area contributed by atoms with E-state index < -0.39 is 0 Å². The Hall–Kier alpha value is -3.14. The number of carbonyl (C=O) groups is 1. The third-order valence-electron chi connectivity index (χ3n) is 3.81. The number of rotatable bonds is 4. The smallest absolute Gasteiger partial charge is 0.257 e.